The normalized spacial score (nSPS) is 10.1. The number of rotatable bonds is 4. The minimum Gasteiger partial charge on any atom is -0.477 e. The van der Waals surface area contributed by atoms with Crippen LogP contribution in [0.15, 0.2) is 12.1 Å². The Labute approximate surface area is 112 Å². The lowest BCUT2D eigenvalue weighted by Gasteiger charge is -2.08. The van der Waals surface area contributed by atoms with Crippen LogP contribution >= 0.6 is 34.8 Å². The predicted molar refractivity (Wildman–Crippen MR) is 62.3 cm³/mol. The second-order valence-electron chi connectivity index (χ2n) is 2.87. The number of hydrogen-bond acceptors (Lipinski definition) is 3. The lowest BCUT2D eigenvalue weighted by molar-refractivity contribution is 0.100. The van der Waals surface area contributed by atoms with Gasteiger partial charge in [-0.05, 0) is 12.1 Å². The number of alkyl halides is 2. The smallest absolute Gasteiger partial charge is 0.198 e. The summed E-state index contributed by atoms with van der Waals surface area (Å²) in [7, 11) is 0. The van der Waals surface area contributed by atoms with Crippen molar-refractivity contribution in [3.63, 3.8) is 0 Å². The number of Topliss-reactive ketones (excluding diaryl/α,β-unsaturated/α-hetero) is 1. The van der Waals surface area contributed by atoms with E-state index in [2.05, 4.69) is 0 Å². The number of benzene rings is 1. The van der Waals surface area contributed by atoms with Crippen molar-refractivity contribution in [1.29, 1.82) is 5.26 Å². The SMILES string of the molecule is N#CCOc1cc(C(=O)C(Cl)Cl)c(F)cc1Cl. The second-order valence-corrected chi connectivity index (χ2v) is 4.38. The average molecular weight is 297 g/mol. The molecule has 0 aliphatic rings. The fraction of sp³-hybridized carbons (Fsp3) is 0.200. The number of carbonyl (C=O) groups is 1. The highest BCUT2D eigenvalue weighted by Crippen LogP contribution is 2.29. The van der Waals surface area contributed by atoms with Crippen LogP contribution in [0.5, 0.6) is 5.75 Å². The molecule has 0 unspecified atom stereocenters. The molecule has 0 heterocycles. The average Bonchev–Trinajstić information content (AvgIpc) is 2.27. The van der Waals surface area contributed by atoms with Gasteiger partial charge in [0.15, 0.2) is 17.2 Å². The van der Waals surface area contributed by atoms with E-state index >= 15 is 0 Å². The minimum absolute atomic E-state index is 0.0203. The highest BCUT2D eigenvalue weighted by molar-refractivity contribution is 6.55. The van der Waals surface area contributed by atoms with Crippen LogP contribution in [0.4, 0.5) is 4.39 Å². The number of ether oxygens (including phenoxy) is 1. The zero-order valence-electron chi connectivity index (χ0n) is 8.21. The van der Waals surface area contributed by atoms with Crippen molar-refractivity contribution in [2.24, 2.45) is 0 Å². The first-order valence-electron chi connectivity index (χ1n) is 4.28. The Morgan fingerprint density at radius 3 is 2.71 bits per heavy atom. The summed E-state index contributed by atoms with van der Waals surface area (Å²) in [6.45, 7) is -0.274. The third-order valence-corrected chi connectivity index (χ3v) is 2.47. The Morgan fingerprint density at radius 1 is 1.53 bits per heavy atom. The summed E-state index contributed by atoms with van der Waals surface area (Å²) in [4.78, 5) is 10.1. The fourth-order valence-electron chi connectivity index (χ4n) is 1.06. The van der Waals surface area contributed by atoms with Gasteiger partial charge < -0.3 is 4.74 Å². The molecule has 0 radical (unpaired) electrons. The van der Waals surface area contributed by atoms with E-state index < -0.39 is 16.4 Å². The maximum atomic E-state index is 13.4. The van der Waals surface area contributed by atoms with Crippen LogP contribution in [0.25, 0.3) is 0 Å². The molecule has 1 rings (SSSR count). The van der Waals surface area contributed by atoms with Crippen molar-refractivity contribution in [2.45, 2.75) is 4.84 Å². The Morgan fingerprint density at radius 2 is 2.18 bits per heavy atom. The van der Waals surface area contributed by atoms with Crippen LogP contribution in [-0.2, 0) is 0 Å². The van der Waals surface area contributed by atoms with E-state index in [0.29, 0.717) is 0 Å². The van der Waals surface area contributed by atoms with E-state index in [4.69, 9.17) is 44.8 Å². The lowest BCUT2D eigenvalue weighted by Crippen LogP contribution is -2.11. The molecule has 90 valence electrons. The third kappa shape index (κ3) is 3.47. The molecule has 0 saturated carbocycles. The quantitative estimate of drug-likeness (QED) is 0.632. The van der Waals surface area contributed by atoms with E-state index in [0.717, 1.165) is 12.1 Å². The molecule has 7 heteroatoms. The van der Waals surface area contributed by atoms with E-state index in [1.807, 2.05) is 0 Å². The highest BCUT2D eigenvalue weighted by Gasteiger charge is 2.21. The van der Waals surface area contributed by atoms with Crippen molar-refractivity contribution in [3.8, 4) is 11.8 Å². The largest absolute Gasteiger partial charge is 0.477 e. The maximum absolute atomic E-state index is 13.4. The number of ketones is 1. The summed E-state index contributed by atoms with van der Waals surface area (Å²) in [5.41, 5.74) is -0.336. The molecule has 0 spiro atoms. The van der Waals surface area contributed by atoms with Gasteiger partial charge in [0.25, 0.3) is 0 Å². The van der Waals surface area contributed by atoms with Gasteiger partial charge in [0, 0.05) is 0 Å². The van der Waals surface area contributed by atoms with Crippen LogP contribution in [0.2, 0.25) is 5.02 Å². The first-order chi connectivity index (χ1) is 7.97. The lowest BCUT2D eigenvalue weighted by atomic mass is 10.1. The standard InChI is InChI=1S/C10H5Cl3FNO2/c11-6-4-7(14)5(9(16)10(12)13)3-8(6)17-2-1-15/h3-4,10H,2H2. The summed E-state index contributed by atoms with van der Waals surface area (Å²) < 4.78 is 18.3. The highest BCUT2D eigenvalue weighted by atomic mass is 35.5. The number of nitrogens with zero attached hydrogens (tertiary/aromatic N) is 1. The minimum atomic E-state index is -1.38. The van der Waals surface area contributed by atoms with Crippen molar-refractivity contribution >= 4 is 40.6 Å². The first-order valence-corrected chi connectivity index (χ1v) is 5.53. The topological polar surface area (TPSA) is 50.1 Å². The van der Waals surface area contributed by atoms with Gasteiger partial charge in [-0.2, -0.15) is 5.26 Å². The molecule has 0 saturated heterocycles. The molecule has 0 fully saturated rings. The second kappa shape index (κ2) is 6.06. The Bertz CT molecular complexity index is 485. The van der Waals surface area contributed by atoms with E-state index in [-0.39, 0.29) is 22.9 Å². The van der Waals surface area contributed by atoms with Gasteiger partial charge >= 0.3 is 0 Å². The molecule has 3 nitrogen and oxygen atoms in total. The number of carbonyl (C=O) groups excluding carboxylic acids is 1. The molecular weight excluding hydrogens is 291 g/mol. The number of halogens is 4. The molecule has 0 N–H and O–H groups in total. The number of nitriles is 1. The van der Waals surface area contributed by atoms with Gasteiger partial charge in [0.05, 0.1) is 10.6 Å². The maximum Gasteiger partial charge on any atom is 0.198 e. The Balaban J connectivity index is 3.15. The molecule has 0 atom stereocenters. The van der Waals surface area contributed by atoms with Crippen molar-refractivity contribution < 1.29 is 13.9 Å². The van der Waals surface area contributed by atoms with Gasteiger partial charge in [0.2, 0.25) is 0 Å². The van der Waals surface area contributed by atoms with E-state index in [1.165, 1.54) is 0 Å². The summed E-state index contributed by atoms with van der Waals surface area (Å²) in [5, 5.41) is 8.29. The van der Waals surface area contributed by atoms with Gasteiger partial charge in [-0.15, -0.1) is 0 Å². The van der Waals surface area contributed by atoms with Gasteiger partial charge in [-0.1, -0.05) is 34.8 Å². The molecule has 0 aromatic heterocycles. The molecule has 0 aliphatic heterocycles. The van der Waals surface area contributed by atoms with Crippen LogP contribution < -0.4 is 4.74 Å². The van der Waals surface area contributed by atoms with Gasteiger partial charge in [-0.3, -0.25) is 4.79 Å². The molecule has 1 aromatic carbocycles. The number of hydrogen-bond donors (Lipinski definition) is 0. The Hall–Kier alpha value is -1.02. The summed E-state index contributed by atoms with van der Waals surface area (Å²) in [5.74, 6) is -1.63. The molecule has 1 aromatic rings. The monoisotopic (exact) mass is 295 g/mol. The van der Waals surface area contributed by atoms with Crippen molar-refractivity contribution in [2.75, 3.05) is 6.61 Å². The Kier molecular flexibility index (Phi) is 5.01. The molecule has 0 bridgehead atoms. The summed E-state index contributed by atoms with van der Waals surface area (Å²) >= 11 is 16.4. The molecule has 17 heavy (non-hydrogen) atoms. The summed E-state index contributed by atoms with van der Waals surface area (Å²) in [6, 6.07) is 3.68. The molecular formula is C10H5Cl3FNO2. The predicted octanol–water partition coefficient (Wildman–Crippen LogP) is 3.37. The van der Waals surface area contributed by atoms with Crippen molar-refractivity contribution in [1.82, 2.24) is 0 Å². The summed E-state index contributed by atoms with van der Waals surface area (Å²) in [6.07, 6.45) is 0. The van der Waals surface area contributed by atoms with Crippen LogP contribution in [0, 0.1) is 17.1 Å². The zero-order chi connectivity index (χ0) is 13.0. The van der Waals surface area contributed by atoms with Crippen molar-refractivity contribution in [3.05, 3.63) is 28.5 Å². The van der Waals surface area contributed by atoms with Crippen LogP contribution in [-0.4, -0.2) is 17.2 Å². The van der Waals surface area contributed by atoms with E-state index in [1.54, 1.807) is 6.07 Å². The zero-order valence-corrected chi connectivity index (χ0v) is 10.5. The molecule has 0 aliphatic carbocycles. The fourth-order valence-corrected chi connectivity index (χ4v) is 1.50. The van der Waals surface area contributed by atoms with Gasteiger partial charge in [0.1, 0.15) is 17.6 Å². The third-order valence-electron chi connectivity index (χ3n) is 1.78. The van der Waals surface area contributed by atoms with Gasteiger partial charge in [-0.25, -0.2) is 4.39 Å². The van der Waals surface area contributed by atoms with Crippen LogP contribution in [0.3, 0.4) is 0 Å². The first kappa shape index (κ1) is 14.0. The van der Waals surface area contributed by atoms with E-state index in [9.17, 15) is 9.18 Å². The molecule has 0 amide bonds. The van der Waals surface area contributed by atoms with Crippen LogP contribution in [0.1, 0.15) is 10.4 Å².